The number of hydrogen-bond acceptors (Lipinski definition) is 2. The second-order valence-corrected chi connectivity index (χ2v) is 7.85. The molecule has 1 heterocycles. The molecule has 0 saturated carbocycles. The molecule has 1 nitrogen and oxygen atoms in total. The van der Waals surface area contributed by atoms with Crippen molar-refractivity contribution in [2.75, 3.05) is 6.54 Å². The summed E-state index contributed by atoms with van der Waals surface area (Å²) in [6.45, 7) is 10.4. The predicted octanol–water partition coefficient (Wildman–Crippen LogP) is 4.91. The zero-order valence-electron chi connectivity index (χ0n) is 11.8. The van der Waals surface area contributed by atoms with E-state index in [0.717, 1.165) is 28.6 Å². The van der Waals surface area contributed by atoms with Crippen LogP contribution in [0.5, 0.6) is 0 Å². The number of halogens is 1. The molecule has 0 bridgehead atoms. The third-order valence-corrected chi connectivity index (χ3v) is 5.50. The van der Waals surface area contributed by atoms with Crippen molar-refractivity contribution in [2.45, 2.75) is 46.6 Å². The van der Waals surface area contributed by atoms with Crippen molar-refractivity contribution < 1.29 is 0 Å². The van der Waals surface area contributed by atoms with Gasteiger partial charge in [-0.25, -0.2) is 0 Å². The molecule has 1 aromatic rings. The van der Waals surface area contributed by atoms with Crippen molar-refractivity contribution in [1.82, 2.24) is 5.32 Å². The molecule has 1 aliphatic carbocycles. The van der Waals surface area contributed by atoms with E-state index in [1.807, 2.05) is 0 Å². The molecule has 102 valence electrons. The number of nitrogens with one attached hydrogen (secondary N) is 1. The van der Waals surface area contributed by atoms with Crippen LogP contribution in [0.4, 0.5) is 0 Å². The summed E-state index contributed by atoms with van der Waals surface area (Å²) in [6.07, 6.45) is 2.43. The molecule has 2 rings (SSSR count). The Kier molecular flexibility index (Phi) is 4.74. The van der Waals surface area contributed by atoms with E-state index in [0.29, 0.717) is 6.04 Å². The quantitative estimate of drug-likeness (QED) is 0.811. The van der Waals surface area contributed by atoms with Crippen molar-refractivity contribution in [2.24, 2.45) is 17.8 Å². The summed E-state index contributed by atoms with van der Waals surface area (Å²) in [5, 5.41) is 3.76. The Labute approximate surface area is 120 Å². The fraction of sp³-hybridized carbons (Fsp3) is 0.733. The maximum Gasteiger partial charge on any atom is 0.0934 e. The summed E-state index contributed by atoms with van der Waals surface area (Å²) < 4.78 is 0.941. The second-order valence-electron chi connectivity index (χ2n) is 6.08. The van der Waals surface area contributed by atoms with Crippen molar-refractivity contribution in [3.05, 3.63) is 20.8 Å². The monoisotopic (exact) mass is 285 g/mol. The largest absolute Gasteiger partial charge is 0.310 e. The van der Waals surface area contributed by atoms with E-state index < -0.39 is 0 Å². The van der Waals surface area contributed by atoms with Gasteiger partial charge in [-0.1, -0.05) is 39.3 Å². The Morgan fingerprint density at radius 3 is 2.61 bits per heavy atom. The molecule has 0 aliphatic heterocycles. The van der Waals surface area contributed by atoms with E-state index in [1.165, 1.54) is 23.3 Å². The SMILES string of the molecule is CC(C)C(CNC1CCc2sc(Cl)cc21)C(C)C. The lowest BCUT2D eigenvalue weighted by molar-refractivity contribution is 0.265. The first-order valence-electron chi connectivity index (χ1n) is 7.00. The van der Waals surface area contributed by atoms with Crippen LogP contribution < -0.4 is 5.32 Å². The summed E-state index contributed by atoms with van der Waals surface area (Å²) in [7, 11) is 0. The number of hydrogen-bond donors (Lipinski definition) is 1. The normalized spacial score (nSPS) is 19.2. The van der Waals surface area contributed by atoms with Crippen molar-refractivity contribution >= 4 is 22.9 Å². The van der Waals surface area contributed by atoms with Gasteiger partial charge in [0.1, 0.15) is 0 Å². The first kappa shape index (κ1) is 14.4. The lowest BCUT2D eigenvalue weighted by Gasteiger charge is -2.27. The van der Waals surface area contributed by atoms with Crippen LogP contribution in [-0.2, 0) is 6.42 Å². The standard InChI is InChI=1S/C15H24ClNS/c1-9(2)12(10(3)4)8-17-13-5-6-14-11(13)7-15(16)18-14/h7,9-10,12-13,17H,5-6,8H2,1-4H3. The second kappa shape index (κ2) is 5.94. The van der Waals surface area contributed by atoms with Gasteiger partial charge in [0.25, 0.3) is 0 Å². The zero-order chi connectivity index (χ0) is 13.3. The van der Waals surface area contributed by atoms with Gasteiger partial charge in [0.15, 0.2) is 0 Å². The van der Waals surface area contributed by atoms with E-state index >= 15 is 0 Å². The molecule has 1 atom stereocenters. The average Bonchev–Trinajstić information content (AvgIpc) is 2.77. The summed E-state index contributed by atoms with van der Waals surface area (Å²) in [5.41, 5.74) is 1.45. The van der Waals surface area contributed by atoms with Crippen molar-refractivity contribution in [3.63, 3.8) is 0 Å². The van der Waals surface area contributed by atoms with Crippen molar-refractivity contribution in [3.8, 4) is 0 Å². The smallest absolute Gasteiger partial charge is 0.0934 e. The Morgan fingerprint density at radius 2 is 2.00 bits per heavy atom. The fourth-order valence-electron chi connectivity index (χ4n) is 3.06. The molecular weight excluding hydrogens is 262 g/mol. The van der Waals surface area contributed by atoms with Gasteiger partial charge in [0.2, 0.25) is 0 Å². The molecular formula is C15H24ClNS. The minimum absolute atomic E-state index is 0.531. The number of rotatable bonds is 5. The van der Waals surface area contributed by atoms with Gasteiger partial charge in [-0.05, 0) is 48.8 Å². The van der Waals surface area contributed by atoms with E-state index in [1.54, 1.807) is 11.3 Å². The molecule has 3 heteroatoms. The van der Waals surface area contributed by atoms with Gasteiger partial charge in [-0.3, -0.25) is 0 Å². The Morgan fingerprint density at radius 1 is 1.33 bits per heavy atom. The lowest BCUT2D eigenvalue weighted by atomic mass is 9.85. The molecule has 0 saturated heterocycles. The van der Waals surface area contributed by atoms with Gasteiger partial charge >= 0.3 is 0 Å². The van der Waals surface area contributed by atoms with Crippen LogP contribution in [0.3, 0.4) is 0 Å². The van der Waals surface area contributed by atoms with Gasteiger partial charge < -0.3 is 5.32 Å². The van der Waals surface area contributed by atoms with Crippen molar-refractivity contribution in [1.29, 1.82) is 0 Å². The maximum atomic E-state index is 6.10. The average molecular weight is 286 g/mol. The molecule has 1 aromatic heterocycles. The third-order valence-electron chi connectivity index (χ3n) is 4.16. The van der Waals surface area contributed by atoms with Gasteiger partial charge in [0, 0.05) is 10.9 Å². The first-order valence-corrected chi connectivity index (χ1v) is 8.20. The highest BCUT2D eigenvalue weighted by molar-refractivity contribution is 7.16. The lowest BCUT2D eigenvalue weighted by Crippen LogP contribution is -2.31. The predicted molar refractivity (Wildman–Crippen MR) is 81.6 cm³/mol. The Bertz CT molecular complexity index is 389. The topological polar surface area (TPSA) is 12.0 Å². The molecule has 0 aromatic carbocycles. The van der Waals surface area contributed by atoms with Crippen LogP contribution in [0.15, 0.2) is 6.07 Å². The number of thiophene rings is 1. The van der Waals surface area contributed by atoms with Crippen LogP contribution in [-0.4, -0.2) is 6.54 Å². The summed E-state index contributed by atoms with van der Waals surface area (Å²) >= 11 is 7.85. The van der Waals surface area contributed by atoms with Gasteiger partial charge in [0.05, 0.1) is 4.34 Å². The highest BCUT2D eigenvalue weighted by Crippen LogP contribution is 2.39. The third kappa shape index (κ3) is 3.09. The van der Waals surface area contributed by atoms with E-state index in [9.17, 15) is 0 Å². The molecule has 0 fully saturated rings. The fourth-order valence-corrected chi connectivity index (χ4v) is 4.42. The summed E-state index contributed by atoms with van der Waals surface area (Å²) in [6, 6.07) is 2.69. The van der Waals surface area contributed by atoms with Gasteiger partial charge in [-0.2, -0.15) is 0 Å². The molecule has 18 heavy (non-hydrogen) atoms. The maximum absolute atomic E-state index is 6.10. The number of aryl methyl sites for hydroxylation is 1. The first-order chi connectivity index (χ1) is 8.49. The highest BCUT2D eigenvalue weighted by Gasteiger charge is 2.26. The molecule has 1 aliphatic rings. The van der Waals surface area contributed by atoms with Crippen LogP contribution in [0.25, 0.3) is 0 Å². The summed E-state index contributed by atoms with van der Waals surface area (Å²) in [4.78, 5) is 1.49. The van der Waals surface area contributed by atoms with Crippen LogP contribution in [0.1, 0.15) is 50.6 Å². The van der Waals surface area contributed by atoms with E-state index in [4.69, 9.17) is 11.6 Å². The van der Waals surface area contributed by atoms with E-state index in [-0.39, 0.29) is 0 Å². The molecule has 0 radical (unpaired) electrons. The molecule has 1 unspecified atom stereocenters. The van der Waals surface area contributed by atoms with Crippen LogP contribution in [0.2, 0.25) is 4.34 Å². The van der Waals surface area contributed by atoms with Crippen LogP contribution >= 0.6 is 22.9 Å². The Hall–Kier alpha value is -0.0500. The zero-order valence-corrected chi connectivity index (χ0v) is 13.4. The minimum atomic E-state index is 0.531. The molecule has 0 spiro atoms. The molecule has 0 amide bonds. The minimum Gasteiger partial charge on any atom is -0.310 e. The van der Waals surface area contributed by atoms with Gasteiger partial charge in [-0.15, -0.1) is 11.3 Å². The number of fused-ring (bicyclic) bond motifs is 1. The summed E-state index contributed by atoms with van der Waals surface area (Å²) in [5.74, 6) is 2.23. The van der Waals surface area contributed by atoms with Crippen LogP contribution in [0, 0.1) is 17.8 Å². The van der Waals surface area contributed by atoms with E-state index in [2.05, 4.69) is 39.1 Å². The Balaban J connectivity index is 1.95. The molecule has 1 N–H and O–H groups in total. The highest BCUT2D eigenvalue weighted by atomic mass is 35.5.